The number of hydrogen-bond acceptors (Lipinski definition) is 5. The van der Waals surface area contributed by atoms with Gasteiger partial charge in [-0.3, -0.25) is 4.57 Å². The zero-order valence-corrected chi connectivity index (χ0v) is 39.7. The van der Waals surface area contributed by atoms with Crippen molar-refractivity contribution in [3.05, 3.63) is 217 Å². The van der Waals surface area contributed by atoms with Crippen molar-refractivity contribution in [1.29, 1.82) is 0 Å². The van der Waals surface area contributed by atoms with Crippen LogP contribution in [0.2, 0.25) is 0 Å². The molecular weight excluding hydrogens is 849 g/mol. The molecule has 0 N–H and O–H groups in total. The van der Waals surface area contributed by atoms with E-state index in [4.69, 9.17) is 9.72 Å². The fourth-order valence-electron chi connectivity index (χ4n) is 10.5. The highest BCUT2D eigenvalue weighted by Crippen LogP contribution is 2.54. The average molecular weight is 899 g/mol. The second-order valence-corrected chi connectivity index (χ2v) is 19.9. The molecule has 330 valence electrons. The lowest BCUT2D eigenvalue weighted by Gasteiger charge is -2.31. The first kappa shape index (κ1) is 41.5. The monoisotopic (exact) mass is 898 g/mol. The van der Waals surface area contributed by atoms with Gasteiger partial charge in [0.1, 0.15) is 24.0 Å². The van der Waals surface area contributed by atoms with Crippen LogP contribution in [-0.2, 0) is 5.41 Å². The molecule has 12 rings (SSSR count). The molecule has 0 saturated heterocycles. The van der Waals surface area contributed by atoms with Crippen LogP contribution < -0.4 is 14.5 Å². The number of pyridine rings is 1. The van der Waals surface area contributed by atoms with Crippen LogP contribution in [0.25, 0.3) is 70.4 Å². The standard InChI is InChI=1S/C62H50N4OS/c1-40-56(42-20-9-6-10-21-42)41(2)58(44-24-13-8-14-25-44)60(57(40)43-22-11-7-12-23-43)65-39-64(51-29-16-17-30-52(51)65)46-26-19-27-47(37-46)67-48-32-33-49-53(38-48)66(55-36-45(34-35-63-55)62(3,4)5)59-50-28-15-18-31-54(50)68-61(49)59/h6-38H,39H2,1-5H3. The number of fused-ring (bicyclic) bond motifs is 6. The van der Waals surface area contributed by atoms with E-state index in [0.717, 1.165) is 39.9 Å². The molecule has 8 aromatic carbocycles. The summed E-state index contributed by atoms with van der Waals surface area (Å²) in [6.07, 6.45) is 1.94. The number of ether oxygens (including phenoxy) is 1. The van der Waals surface area contributed by atoms with Gasteiger partial charge in [0, 0.05) is 50.6 Å². The average Bonchev–Trinajstić information content (AvgIpc) is 4.04. The van der Waals surface area contributed by atoms with Gasteiger partial charge in [0.2, 0.25) is 0 Å². The molecule has 0 radical (unpaired) electrons. The molecule has 4 heterocycles. The molecule has 0 unspecified atom stereocenters. The number of aromatic nitrogens is 2. The third kappa shape index (κ3) is 6.94. The molecule has 0 saturated carbocycles. The normalized spacial score (nSPS) is 12.7. The number of para-hydroxylation sites is 2. The molecule has 6 heteroatoms. The lowest BCUT2D eigenvalue weighted by molar-refractivity contribution is 0.483. The van der Waals surface area contributed by atoms with Gasteiger partial charge in [-0.25, -0.2) is 4.98 Å². The van der Waals surface area contributed by atoms with E-state index in [1.807, 2.05) is 17.5 Å². The molecule has 0 amide bonds. The highest BCUT2D eigenvalue weighted by Gasteiger charge is 2.34. The lowest BCUT2D eigenvalue weighted by Crippen LogP contribution is -2.25. The van der Waals surface area contributed by atoms with Crippen molar-refractivity contribution in [1.82, 2.24) is 9.55 Å². The van der Waals surface area contributed by atoms with E-state index in [1.165, 1.54) is 81.4 Å². The Morgan fingerprint density at radius 1 is 0.529 bits per heavy atom. The van der Waals surface area contributed by atoms with Crippen LogP contribution in [0.4, 0.5) is 22.7 Å². The largest absolute Gasteiger partial charge is 0.457 e. The van der Waals surface area contributed by atoms with E-state index in [9.17, 15) is 0 Å². The van der Waals surface area contributed by atoms with Gasteiger partial charge in [-0.1, -0.05) is 148 Å². The minimum atomic E-state index is -0.0259. The zero-order chi connectivity index (χ0) is 46.1. The zero-order valence-electron chi connectivity index (χ0n) is 38.9. The Morgan fingerprint density at radius 2 is 1.12 bits per heavy atom. The fourth-order valence-corrected chi connectivity index (χ4v) is 11.7. The Balaban J connectivity index is 0.972. The first-order valence-electron chi connectivity index (χ1n) is 23.4. The Hall–Kier alpha value is -7.93. The molecule has 1 aliphatic rings. The van der Waals surface area contributed by atoms with E-state index in [1.54, 1.807) is 0 Å². The van der Waals surface area contributed by atoms with E-state index in [0.29, 0.717) is 6.67 Å². The van der Waals surface area contributed by atoms with Gasteiger partial charge >= 0.3 is 0 Å². The van der Waals surface area contributed by atoms with Gasteiger partial charge in [-0.05, 0) is 113 Å². The first-order valence-corrected chi connectivity index (χ1v) is 24.2. The summed E-state index contributed by atoms with van der Waals surface area (Å²) in [7, 11) is 0. The van der Waals surface area contributed by atoms with Gasteiger partial charge in [-0.15, -0.1) is 11.3 Å². The minimum absolute atomic E-state index is 0.0259. The van der Waals surface area contributed by atoms with Crippen molar-refractivity contribution in [3.8, 4) is 50.7 Å². The maximum absolute atomic E-state index is 6.89. The molecule has 11 aromatic rings. The highest BCUT2D eigenvalue weighted by molar-refractivity contribution is 7.26. The minimum Gasteiger partial charge on any atom is -0.457 e. The Bertz CT molecular complexity index is 3630. The smallest absolute Gasteiger partial charge is 0.137 e. The molecular formula is C62H50N4OS. The number of rotatable bonds is 8. The second kappa shape index (κ2) is 16.4. The van der Waals surface area contributed by atoms with Crippen LogP contribution in [0.15, 0.2) is 200 Å². The Labute approximate surface area is 401 Å². The van der Waals surface area contributed by atoms with Gasteiger partial charge in [-0.2, -0.15) is 0 Å². The summed E-state index contributed by atoms with van der Waals surface area (Å²) in [4.78, 5) is 9.94. The highest BCUT2D eigenvalue weighted by atomic mass is 32.1. The van der Waals surface area contributed by atoms with Crippen molar-refractivity contribution < 1.29 is 4.74 Å². The first-order chi connectivity index (χ1) is 33.2. The van der Waals surface area contributed by atoms with Crippen molar-refractivity contribution >= 4 is 65.3 Å². The topological polar surface area (TPSA) is 33.5 Å². The third-order valence-electron chi connectivity index (χ3n) is 13.6. The van der Waals surface area contributed by atoms with Crippen LogP contribution in [0.1, 0.15) is 37.5 Å². The number of nitrogens with zero attached hydrogens (tertiary/aromatic N) is 4. The van der Waals surface area contributed by atoms with Crippen LogP contribution in [0.5, 0.6) is 11.5 Å². The van der Waals surface area contributed by atoms with E-state index < -0.39 is 0 Å². The molecule has 0 bridgehead atoms. The maximum atomic E-state index is 6.89. The number of benzene rings is 8. The van der Waals surface area contributed by atoms with Gasteiger partial charge in [0.05, 0.1) is 32.8 Å². The summed E-state index contributed by atoms with van der Waals surface area (Å²) in [6, 6.07) is 69.6. The quantitative estimate of drug-likeness (QED) is 0.152. The molecule has 0 spiro atoms. The molecule has 68 heavy (non-hydrogen) atoms. The molecule has 1 aliphatic heterocycles. The van der Waals surface area contributed by atoms with Crippen LogP contribution in [0, 0.1) is 13.8 Å². The summed E-state index contributed by atoms with van der Waals surface area (Å²) < 4.78 is 11.7. The number of thiophene rings is 1. The Morgan fingerprint density at radius 3 is 1.78 bits per heavy atom. The number of hydrogen-bond donors (Lipinski definition) is 0. The molecule has 0 aliphatic carbocycles. The predicted molar refractivity (Wildman–Crippen MR) is 287 cm³/mol. The summed E-state index contributed by atoms with van der Waals surface area (Å²) in [5.41, 5.74) is 17.9. The fraction of sp³-hybridized carbons (Fsp3) is 0.113. The molecule has 5 nitrogen and oxygen atoms in total. The van der Waals surface area contributed by atoms with E-state index in [2.05, 4.69) is 243 Å². The molecule has 0 atom stereocenters. The summed E-state index contributed by atoms with van der Waals surface area (Å²) in [5, 5.41) is 2.41. The van der Waals surface area contributed by atoms with Gasteiger partial charge in [0.15, 0.2) is 0 Å². The van der Waals surface area contributed by atoms with Crippen LogP contribution in [0.3, 0.4) is 0 Å². The molecule has 0 fully saturated rings. The van der Waals surface area contributed by atoms with Crippen molar-refractivity contribution in [2.45, 2.75) is 40.0 Å². The van der Waals surface area contributed by atoms with Crippen LogP contribution in [-0.4, -0.2) is 16.2 Å². The summed E-state index contributed by atoms with van der Waals surface area (Å²) >= 11 is 1.84. The van der Waals surface area contributed by atoms with Crippen molar-refractivity contribution in [2.24, 2.45) is 0 Å². The molecule has 3 aromatic heterocycles. The van der Waals surface area contributed by atoms with E-state index in [-0.39, 0.29) is 5.41 Å². The van der Waals surface area contributed by atoms with Gasteiger partial charge < -0.3 is 14.5 Å². The van der Waals surface area contributed by atoms with Crippen molar-refractivity contribution in [2.75, 3.05) is 16.5 Å². The Kier molecular flexibility index (Phi) is 10.0. The lowest BCUT2D eigenvalue weighted by atomic mass is 9.82. The van der Waals surface area contributed by atoms with Crippen LogP contribution >= 0.6 is 11.3 Å². The maximum Gasteiger partial charge on any atom is 0.137 e. The SMILES string of the molecule is Cc1c(-c2ccccc2)c(C)c(-c2ccccc2)c(N2CN(c3cccc(Oc4ccc5c6sc7ccccc7c6n(-c6cc(C(C)(C)C)ccn6)c5c4)c3)c3ccccc32)c1-c1ccccc1. The van der Waals surface area contributed by atoms with Gasteiger partial charge in [0.25, 0.3) is 0 Å². The van der Waals surface area contributed by atoms with Crippen molar-refractivity contribution in [3.63, 3.8) is 0 Å². The predicted octanol–water partition coefficient (Wildman–Crippen LogP) is 17.3. The second-order valence-electron chi connectivity index (χ2n) is 18.9. The van der Waals surface area contributed by atoms with E-state index >= 15 is 0 Å². The summed E-state index contributed by atoms with van der Waals surface area (Å²) in [6.45, 7) is 12.0. The summed E-state index contributed by atoms with van der Waals surface area (Å²) in [5.74, 6) is 2.44. The number of anilines is 4. The third-order valence-corrected chi connectivity index (χ3v) is 14.8.